The van der Waals surface area contributed by atoms with Crippen molar-refractivity contribution >= 4 is 21.8 Å². The predicted molar refractivity (Wildman–Crippen MR) is 79.5 cm³/mol. The van der Waals surface area contributed by atoms with Crippen LogP contribution in [0.15, 0.2) is 22.7 Å². The van der Waals surface area contributed by atoms with E-state index in [0.29, 0.717) is 11.0 Å². The van der Waals surface area contributed by atoms with Gasteiger partial charge in [-0.25, -0.2) is 5.84 Å². The number of halogens is 1. The first-order valence-corrected chi connectivity index (χ1v) is 7.22. The lowest BCUT2D eigenvalue weighted by atomic mass is 9.93. The molecule has 1 saturated heterocycles. The summed E-state index contributed by atoms with van der Waals surface area (Å²) in [5.41, 5.74) is 4.32. The second-order valence-electron chi connectivity index (χ2n) is 5.90. The molecule has 1 aliphatic rings. The lowest BCUT2D eigenvalue weighted by Gasteiger charge is -2.20. The van der Waals surface area contributed by atoms with Crippen molar-refractivity contribution in [2.75, 3.05) is 13.1 Å². The molecule has 19 heavy (non-hydrogen) atoms. The van der Waals surface area contributed by atoms with E-state index < -0.39 is 0 Å². The summed E-state index contributed by atoms with van der Waals surface area (Å²) < 4.78 is 0.957. The van der Waals surface area contributed by atoms with Gasteiger partial charge in [-0.1, -0.05) is 35.8 Å². The third-order valence-corrected chi connectivity index (χ3v) is 4.33. The van der Waals surface area contributed by atoms with Gasteiger partial charge in [-0.2, -0.15) is 0 Å². The number of nitrogens with one attached hydrogen (secondary N) is 1. The summed E-state index contributed by atoms with van der Waals surface area (Å²) >= 11 is 3.53. The summed E-state index contributed by atoms with van der Waals surface area (Å²) in [5.74, 6) is 4.86. The molecule has 0 atom stereocenters. The Bertz CT molecular complexity index is 488. The molecule has 4 nitrogen and oxygen atoms in total. The first kappa shape index (κ1) is 14.5. The van der Waals surface area contributed by atoms with Crippen LogP contribution in [-0.2, 0) is 6.54 Å². The number of nitrogens with two attached hydrogens (primary N) is 1. The fourth-order valence-electron chi connectivity index (χ4n) is 2.50. The lowest BCUT2D eigenvalue weighted by molar-refractivity contribution is 0.0953. The fourth-order valence-corrected chi connectivity index (χ4v) is 3.00. The average Bonchev–Trinajstić information content (AvgIpc) is 2.70. The zero-order valence-electron chi connectivity index (χ0n) is 11.4. The van der Waals surface area contributed by atoms with Gasteiger partial charge < -0.3 is 0 Å². The molecule has 1 aliphatic heterocycles. The minimum Gasteiger partial charge on any atom is -0.298 e. The van der Waals surface area contributed by atoms with Gasteiger partial charge in [-0.3, -0.25) is 15.1 Å². The van der Waals surface area contributed by atoms with Crippen LogP contribution in [0.4, 0.5) is 0 Å². The van der Waals surface area contributed by atoms with Crippen LogP contribution in [0.5, 0.6) is 0 Å². The molecule has 1 amide bonds. The van der Waals surface area contributed by atoms with E-state index in [0.717, 1.165) is 24.1 Å². The average molecular weight is 326 g/mol. The van der Waals surface area contributed by atoms with Crippen LogP contribution < -0.4 is 11.3 Å². The number of hydrogen-bond donors (Lipinski definition) is 2. The molecule has 1 fully saturated rings. The van der Waals surface area contributed by atoms with Crippen molar-refractivity contribution in [3.63, 3.8) is 0 Å². The Kier molecular flexibility index (Phi) is 4.28. The molecule has 0 radical (unpaired) electrons. The molecule has 0 saturated carbocycles. The highest BCUT2D eigenvalue weighted by atomic mass is 79.9. The van der Waals surface area contributed by atoms with E-state index in [9.17, 15) is 4.79 Å². The topological polar surface area (TPSA) is 58.4 Å². The maximum absolute atomic E-state index is 11.4. The Morgan fingerprint density at radius 2 is 2.26 bits per heavy atom. The van der Waals surface area contributed by atoms with Crippen molar-refractivity contribution in [3.8, 4) is 0 Å². The fraction of sp³-hybridized carbons (Fsp3) is 0.500. The second-order valence-corrected chi connectivity index (χ2v) is 6.76. The third-order valence-electron chi connectivity index (χ3n) is 3.60. The zero-order valence-corrected chi connectivity index (χ0v) is 13.0. The van der Waals surface area contributed by atoms with Crippen LogP contribution in [0.2, 0.25) is 0 Å². The molecule has 0 unspecified atom stereocenters. The standard InChI is InChI=1S/C14H20BrN3O/c1-14(2)5-6-18(9-14)8-11-4-3-10(7-12(11)15)13(19)17-16/h3-4,7H,5-6,8-9,16H2,1-2H3,(H,17,19). The van der Waals surface area contributed by atoms with Gasteiger partial charge in [0.1, 0.15) is 0 Å². The van der Waals surface area contributed by atoms with E-state index in [1.165, 1.54) is 12.0 Å². The van der Waals surface area contributed by atoms with Crippen molar-refractivity contribution in [2.45, 2.75) is 26.8 Å². The van der Waals surface area contributed by atoms with E-state index in [4.69, 9.17) is 5.84 Å². The number of rotatable bonds is 3. The van der Waals surface area contributed by atoms with Gasteiger partial charge in [0.05, 0.1) is 0 Å². The minimum atomic E-state index is -0.269. The van der Waals surface area contributed by atoms with Crippen LogP contribution in [0.3, 0.4) is 0 Å². The van der Waals surface area contributed by atoms with Gasteiger partial charge in [0, 0.05) is 23.1 Å². The number of carbonyl (C=O) groups is 1. The number of likely N-dealkylation sites (tertiary alicyclic amines) is 1. The molecular weight excluding hydrogens is 306 g/mol. The van der Waals surface area contributed by atoms with Gasteiger partial charge in [0.15, 0.2) is 0 Å². The number of nitrogens with zero attached hydrogens (tertiary/aromatic N) is 1. The van der Waals surface area contributed by atoms with E-state index in [1.807, 2.05) is 18.2 Å². The maximum atomic E-state index is 11.4. The quantitative estimate of drug-likeness (QED) is 0.509. The number of carbonyl (C=O) groups excluding carboxylic acids is 1. The predicted octanol–water partition coefficient (Wildman–Crippen LogP) is 2.28. The normalized spacial score (nSPS) is 18.5. The Labute approximate surface area is 122 Å². The largest absolute Gasteiger partial charge is 0.298 e. The summed E-state index contributed by atoms with van der Waals surface area (Å²) in [6, 6.07) is 5.61. The lowest BCUT2D eigenvalue weighted by Crippen LogP contribution is -2.30. The first-order chi connectivity index (χ1) is 8.91. The van der Waals surface area contributed by atoms with Gasteiger partial charge in [-0.15, -0.1) is 0 Å². The van der Waals surface area contributed by atoms with Crippen LogP contribution in [0, 0.1) is 5.41 Å². The van der Waals surface area contributed by atoms with Crippen molar-refractivity contribution in [3.05, 3.63) is 33.8 Å². The van der Waals surface area contributed by atoms with Gasteiger partial charge in [0.25, 0.3) is 5.91 Å². The highest BCUT2D eigenvalue weighted by Crippen LogP contribution is 2.31. The zero-order chi connectivity index (χ0) is 14.0. The monoisotopic (exact) mass is 325 g/mol. The summed E-state index contributed by atoms with van der Waals surface area (Å²) in [4.78, 5) is 13.9. The minimum absolute atomic E-state index is 0.269. The molecule has 5 heteroatoms. The van der Waals surface area contributed by atoms with Crippen molar-refractivity contribution in [2.24, 2.45) is 11.3 Å². The third kappa shape index (κ3) is 3.55. The van der Waals surface area contributed by atoms with E-state index in [-0.39, 0.29) is 5.91 Å². The van der Waals surface area contributed by atoms with Crippen LogP contribution in [-0.4, -0.2) is 23.9 Å². The van der Waals surface area contributed by atoms with E-state index in [2.05, 4.69) is 40.1 Å². The SMILES string of the molecule is CC1(C)CCN(Cc2ccc(C(=O)NN)cc2Br)C1. The summed E-state index contributed by atoms with van der Waals surface area (Å²) in [7, 11) is 0. The first-order valence-electron chi connectivity index (χ1n) is 6.43. The molecule has 0 aromatic heterocycles. The number of nitrogen functional groups attached to an aromatic ring is 1. The van der Waals surface area contributed by atoms with Crippen molar-refractivity contribution in [1.82, 2.24) is 10.3 Å². The number of benzene rings is 1. The summed E-state index contributed by atoms with van der Waals surface area (Å²) in [6.45, 7) is 7.76. The molecule has 3 N–H and O–H groups in total. The van der Waals surface area contributed by atoms with Crippen LogP contribution in [0.25, 0.3) is 0 Å². The van der Waals surface area contributed by atoms with Gasteiger partial charge in [-0.05, 0) is 36.1 Å². The molecule has 0 bridgehead atoms. The van der Waals surface area contributed by atoms with Crippen molar-refractivity contribution < 1.29 is 4.79 Å². The highest BCUT2D eigenvalue weighted by Gasteiger charge is 2.29. The summed E-state index contributed by atoms with van der Waals surface area (Å²) in [5, 5.41) is 0. The smallest absolute Gasteiger partial charge is 0.265 e. The van der Waals surface area contributed by atoms with Crippen molar-refractivity contribution in [1.29, 1.82) is 0 Å². The molecule has 2 rings (SSSR count). The molecule has 1 heterocycles. The molecule has 0 aliphatic carbocycles. The molecular formula is C14H20BrN3O. The Hall–Kier alpha value is -0.910. The number of hydrazine groups is 1. The van der Waals surface area contributed by atoms with E-state index >= 15 is 0 Å². The number of hydrogen-bond acceptors (Lipinski definition) is 3. The Morgan fingerprint density at radius 3 is 2.79 bits per heavy atom. The summed E-state index contributed by atoms with van der Waals surface area (Å²) in [6.07, 6.45) is 1.23. The van der Waals surface area contributed by atoms with Gasteiger partial charge in [0.2, 0.25) is 0 Å². The molecule has 0 spiro atoms. The highest BCUT2D eigenvalue weighted by molar-refractivity contribution is 9.10. The Balaban J connectivity index is 2.08. The van der Waals surface area contributed by atoms with Crippen LogP contribution in [0.1, 0.15) is 36.2 Å². The maximum Gasteiger partial charge on any atom is 0.265 e. The van der Waals surface area contributed by atoms with Crippen LogP contribution >= 0.6 is 15.9 Å². The number of amides is 1. The van der Waals surface area contributed by atoms with Gasteiger partial charge >= 0.3 is 0 Å². The Morgan fingerprint density at radius 1 is 1.53 bits per heavy atom. The molecule has 1 aromatic rings. The molecule has 104 valence electrons. The van der Waals surface area contributed by atoms with E-state index in [1.54, 1.807) is 0 Å². The molecule has 1 aromatic carbocycles. The second kappa shape index (κ2) is 5.61.